The number of carbonyl (C=O) groups is 1. The van der Waals surface area contributed by atoms with Gasteiger partial charge in [0.15, 0.2) is 6.29 Å². The van der Waals surface area contributed by atoms with E-state index in [2.05, 4.69) is 4.65 Å². The van der Waals surface area contributed by atoms with Crippen molar-refractivity contribution in [2.24, 2.45) is 0 Å². The smallest absolute Gasteiger partial charge is 0.537 e. The normalized spacial score (nSPS) is 8.82. The largest absolute Gasteiger partial charge is 0.569 e. The highest BCUT2D eigenvalue weighted by atomic mass is 16.5. The molecule has 0 fully saturated rings. The maximum Gasteiger partial charge on any atom is 0.569 e. The van der Waals surface area contributed by atoms with Crippen molar-refractivity contribution in [3.05, 3.63) is 29.8 Å². The molecule has 0 aliphatic heterocycles. The second-order valence-electron chi connectivity index (χ2n) is 1.88. The summed E-state index contributed by atoms with van der Waals surface area (Å²) >= 11 is 0. The molecule has 0 amide bonds. The SMILES string of the molecule is O=Cc1ccccc1O[B]O. The fraction of sp³-hybridized carbons (Fsp3) is 0. The molecule has 0 saturated carbocycles. The van der Waals surface area contributed by atoms with Crippen molar-refractivity contribution in [2.75, 3.05) is 0 Å². The van der Waals surface area contributed by atoms with Crippen molar-refractivity contribution in [3.63, 3.8) is 0 Å². The highest BCUT2D eigenvalue weighted by Crippen LogP contribution is 2.14. The maximum absolute atomic E-state index is 10.3. The first kappa shape index (κ1) is 7.82. The summed E-state index contributed by atoms with van der Waals surface area (Å²) in [5.41, 5.74) is 0.415. The van der Waals surface area contributed by atoms with E-state index in [1.807, 2.05) is 0 Å². The van der Waals surface area contributed by atoms with E-state index < -0.39 is 0 Å². The Morgan fingerprint density at radius 2 is 2.18 bits per heavy atom. The minimum absolute atomic E-state index is 0.352. The minimum Gasteiger partial charge on any atom is -0.537 e. The molecule has 1 radical (unpaired) electrons. The summed E-state index contributed by atoms with van der Waals surface area (Å²) in [6, 6.07) is 6.63. The molecule has 4 heteroatoms. The van der Waals surface area contributed by atoms with Gasteiger partial charge in [-0.1, -0.05) is 12.1 Å². The monoisotopic (exact) mass is 149 g/mol. The van der Waals surface area contributed by atoms with Crippen LogP contribution in [0.5, 0.6) is 5.75 Å². The fourth-order valence-electron chi connectivity index (χ4n) is 0.742. The lowest BCUT2D eigenvalue weighted by molar-refractivity contribution is 0.112. The van der Waals surface area contributed by atoms with Crippen LogP contribution in [0.1, 0.15) is 10.4 Å². The van der Waals surface area contributed by atoms with Gasteiger partial charge >= 0.3 is 7.69 Å². The Labute approximate surface area is 64.9 Å². The topological polar surface area (TPSA) is 46.5 Å². The van der Waals surface area contributed by atoms with Gasteiger partial charge in [-0.05, 0) is 12.1 Å². The number of rotatable bonds is 3. The van der Waals surface area contributed by atoms with Gasteiger partial charge in [-0.3, -0.25) is 4.79 Å². The Morgan fingerprint density at radius 3 is 2.82 bits per heavy atom. The predicted octanol–water partition coefficient (Wildman–Crippen LogP) is 0.404. The Bertz CT molecular complexity index is 249. The van der Waals surface area contributed by atoms with E-state index in [-0.39, 0.29) is 0 Å². The van der Waals surface area contributed by atoms with Gasteiger partial charge < -0.3 is 9.68 Å². The van der Waals surface area contributed by atoms with Crippen molar-refractivity contribution in [2.45, 2.75) is 0 Å². The third-order valence-electron chi connectivity index (χ3n) is 1.23. The summed E-state index contributed by atoms with van der Waals surface area (Å²) in [6.07, 6.45) is 0.666. The molecule has 0 bridgehead atoms. The molecule has 11 heavy (non-hydrogen) atoms. The molecule has 0 aromatic heterocycles. The minimum atomic E-state index is 0.352. The highest BCUT2D eigenvalue weighted by Gasteiger charge is 1.99. The van der Waals surface area contributed by atoms with Crippen LogP contribution in [0.15, 0.2) is 24.3 Å². The van der Waals surface area contributed by atoms with Gasteiger partial charge in [0.25, 0.3) is 0 Å². The third-order valence-corrected chi connectivity index (χ3v) is 1.23. The molecule has 1 N–H and O–H groups in total. The Kier molecular flexibility index (Phi) is 2.69. The highest BCUT2D eigenvalue weighted by molar-refractivity contribution is 6.17. The molecular weight excluding hydrogens is 143 g/mol. The molecule has 1 rings (SSSR count). The Hall–Kier alpha value is -1.29. The van der Waals surface area contributed by atoms with Crippen LogP contribution >= 0.6 is 0 Å². The van der Waals surface area contributed by atoms with Crippen LogP contribution in [0, 0.1) is 0 Å². The molecule has 0 aliphatic carbocycles. The van der Waals surface area contributed by atoms with Crippen LogP contribution in [-0.4, -0.2) is 19.0 Å². The first-order chi connectivity index (χ1) is 5.38. The molecule has 1 aromatic carbocycles. The van der Waals surface area contributed by atoms with Gasteiger partial charge in [0.2, 0.25) is 0 Å². The maximum atomic E-state index is 10.3. The summed E-state index contributed by atoms with van der Waals surface area (Å²) in [6.45, 7) is 0. The number of para-hydroxylation sites is 1. The van der Waals surface area contributed by atoms with E-state index in [1.165, 1.54) is 0 Å². The summed E-state index contributed by atoms with van der Waals surface area (Å²) in [5, 5.41) is 8.28. The van der Waals surface area contributed by atoms with E-state index in [0.717, 1.165) is 0 Å². The quantitative estimate of drug-likeness (QED) is 0.499. The van der Waals surface area contributed by atoms with Crippen LogP contribution in [-0.2, 0) is 0 Å². The second kappa shape index (κ2) is 3.78. The van der Waals surface area contributed by atoms with E-state index >= 15 is 0 Å². The molecule has 3 nitrogen and oxygen atoms in total. The van der Waals surface area contributed by atoms with Crippen molar-refractivity contribution >= 4 is 14.0 Å². The first-order valence-corrected chi connectivity index (χ1v) is 3.05. The molecule has 0 unspecified atom stereocenters. The Balaban J connectivity index is 2.92. The van der Waals surface area contributed by atoms with E-state index in [4.69, 9.17) is 5.02 Å². The molecule has 0 spiro atoms. The molecule has 55 valence electrons. The average molecular weight is 149 g/mol. The van der Waals surface area contributed by atoms with Crippen molar-refractivity contribution in [1.82, 2.24) is 0 Å². The lowest BCUT2D eigenvalue weighted by Gasteiger charge is -2.02. The standard InChI is InChI=1S/C7H6BO3/c9-5-6-3-1-2-4-7(6)11-8-10/h1-5,10H. The van der Waals surface area contributed by atoms with Gasteiger partial charge in [0.1, 0.15) is 5.75 Å². The number of carbonyl (C=O) groups excluding carboxylic acids is 1. The summed E-state index contributed by atoms with van der Waals surface area (Å²) in [7, 11) is 0.544. The Morgan fingerprint density at radius 1 is 1.45 bits per heavy atom. The van der Waals surface area contributed by atoms with Crippen LogP contribution in [0.25, 0.3) is 0 Å². The van der Waals surface area contributed by atoms with E-state index in [9.17, 15) is 4.79 Å². The molecule has 0 aliphatic rings. The number of benzene rings is 1. The number of hydrogen-bond donors (Lipinski definition) is 1. The van der Waals surface area contributed by atoms with Crippen molar-refractivity contribution in [1.29, 1.82) is 0 Å². The van der Waals surface area contributed by atoms with Crippen LogP contribution in [0.3, 0.4) is 0 Å². The zero-order chi connectivity index (χ0) is 8.10. The number of aldehydes is 1. The van der Waals surface area contributed by atoms with Gasteiger partial charge in [0, 0.05) is 0 Å². The molecular formula is C7H6BO3. The zero-order valence-electron chi connectivity index (χ0n) is 5.73. The van der Waals surface area contributed by atoms with Gasteiger partial charge in [-0.25, -0.2) is 0 Å². The van der Waals surface area contributed by atoms with E-state index in [1.54, 1.807) is 24.3 Å². The summed E-state index contributed by atoms with van der Waals surface area (Å²) in [5.74, 6) is 0.352. The third kappa shape index (κ3) is 1.81. The molecule has 0 heterocycles. The van der Waals surface area contributed by atoms with Crippen molar-refractivity contribution in [3.8, 4) is 5.75 Å². The summed E-state index contributed by atoms with van der Waals surface area (Å²) < 4.78 is 4.63. The molecule has 0 atom stereocenters. The first-order valence-electron chi connectivity index (χ1n) is 3.05. The lowest BCUT2D eigenvalue weighted by Crippen LogP contribution is -2.01. The van der Waals surface area contributed by atoms with Crippen molar-refractivity contribution < 1.29 is 14.5 Å². The van der Waals surface area contributed by atoms with E-state index in [0.29, 0.717) is 25.3 Å². The predicted molar refractivity (Wildman–Crippen MR) is 40.4 cm³/mol. The molecule has 1 aromatic rings. The number of hydrogen-bond acceptors (Lipinski definition) is 3. The summed E-state index contributed by atoms with van der Waals surface area (Å²) in [4.78, 5) is 10.3. The van der Waals surface area contributed by atoms with Gasteiger partial charge in [0.05, 0.1) is 5.56 Å². The zero-order valence-corrected chi connectivity index (χ0v) is 5.73. The fourth-order valence-corrected chi connectivity index (χ4v) is 0.742. The van der Waals surface area contributed by atoms with Crippen LogP contribution in [0.2, 0.25) is 0 Å². The van der Waals surface area contributed by atoms with Gasteiger partial charge in [-0.15, -0.1) is 0 Å². The lowest BCUT2D eigenvalue weighted by atomic mass is 10.2. The van der Waals surface area contributed by atoms with Crippen LogP contribution in [0.4, 0.5) is 0 Å². The molecule has 0 saturated heterocycles. The van der Waals surface area contributed by atoms with Crippen LogP contribution < -0.4 is 4.65 Å². The van der Waals surface area contributed by atoms with Gasteiger partial charge in [-0.2, -0.15) is 0 Å². The average Bonchev–Trinajstić information content (AvgIpc) is 2.06. The second-order valence-corrected chi connectivity index (χ2v) is 1.88.